The zero-order chi connectivity index (χ0) is 15.4. The quantitative estimate of drug-likeness (QED) is 0.799. The SMILES string of the molecule is COC(=O)CC1CN(C(=O)c2c(F)cccc2Cl)CCO1. The van der Waals surface area contributed by atoms with Crippen molar-refractivity contribution in [2.75, 3.05) is 26.8 Å². The summed E-state index contributed by atoms with van der Waals surface area (Å²) in [6.45, 7) is 0.791. The van der Waals surface area contributed by atoms with Gasteiger partial charge in [-0.25, -0.2) is 4.39 Å². The van der Waals surface area contributed by atoms with Gasteiger partial charge in [0.1, 0.15) is 5.82 Å². The lowest BCUT2D eigenvalue weighted by molar-refractivity contribution is -0.145. The number of nitrogens with zero attached hydrogens (tertiary/aromatic N) is 1. The molecule has 21 heavy (non-hydrogen) atoms. The molecule has 1 aliphatic heterocycles. The van der Waals surface area contributed by atoms with E-state index in [1.54, 1.807) is 0 Å². The first-order chi connectivity index (χ1) is 10.0. The number of amides is 1. The molecule has 114 valence electrons. The minimum absolute atomic E-state index is 0.0469. The van der Waals surface area contributed by atoms with Gasteiger partial charge in [0, 0.05) is 13.1 Å². The van der Waals surface area contributed by atoms with Crippen molar-refractivity contribution in [3.05, 3.63) is 34.6 Å². The Morgan fingerprint density at radius 3 is 2.95 bits per heavy atom. The van der Waals surface area contributed by atoms with Gasteiger partial charge in [0.25, 0.3) is 5.91 Å². The van der Waals surface area contributed by atoms with Crippen LogP contribution in [-0.4, -0.2) is 49.7 Å². The third-order valence-electron chi connectivity index (χ3n) is 3.22. The van der Waals surface area contributed by atoms with Crippen LogP contribution in [0.4, 0.5) is 4.39 Å². The average Bonchev–Trinajstić information content (AvgIpc) is 2.47. The van der Waals surface area contributed by atoms with Crippen molar-refractivity contribution >= 4 is 23.5 Å². The number of ether oxygens (including phenoxy) is 2. The molecule has 1 aromatic carbocycles. The van der Waals surface area contributed by atoms with E-state index in [-0.39, 0.29) is 30.2 Å². The van der Waals surface area contributed by atoms with Crippen LogP contribution in [0, 0.1) is 5.82 Å². The van der Waals surface area contributed by atoms with E-state index in [4.69, 9.17) is 16.3 Å². The van der Waals surface area contributed by atoms with E-state index in [0.29, 0.717) is 6.54 Å². The highest BCUT2D eigenvalue weighted by atomic mass is 35.5. The highest BCUT2D eigenvalue weighted by Crippen LogP contribution is 2.22. The minimum atomic E-state index is -0.663. The lowest BCUT2D eigenvalue weighted by Gasteiger charge is -2.32. The van der Waals surface area contributed by atoms with Crippen LogP contribution in [-0.2, 0) is 14.3 Å². The van der Waals surface area contributed by atoms with Crippen molar-refractivity contribution in [1.82, 2.24) is 4.90 Å². The van der Waals surface area contributed by atoms with Gasteiger partial charge in [-0.1, -0.05) is 17.7 Å². The number of esters is 1. The molecule has 0 saturated carbocycles. The van der Waals surface area contributed by atoms with Crippen molar-refractivity contribution in [1.29, 1.82) is 0 Å². The number of hydrogen-bond donors (Lipinski definition) is 0. The van der Waals surface area contributed by atoms with Gasteiger partial charge < -0.3 is 14.4 Å². The van der Waals surface area contributed by atoms with Crippen molar-refractivity contribution in [3.8, 4) is 0 Å². The van der Waals surface area contributed by atoms with Gasteiger partial charge in [0.2, 0.25) is 0 Å². The topological polar surface area (TPSA) is 55.8 Å². The monoisotopic (exact) mass is 315 g/mol. The lowest BCUT2D eigenvalue weighted by Crippen LogP contribution is -2.46. The number of morpholine rings is 1. The first-order valence-electron chi connectivity index (χ1n) is 6.44. The Hall–Kier alpha value is -1.66. The molecule has 1 heterocycles. The van der Waals surface area contributed by atoms with Crippen LogP contribution >= 0.6 is 11.6 Å². The van der Waals surface area contributed by atoms with Crippen LogP contribution < -0.4 is 0 Å². The summed E-state index contributed by atoms with van der Waals surface area (Å²) >= 11 is 5.89. The second-order valence-electron chi connectivity index (χ2n) is 4.62. The number of benzene rings is 1. The molecule has 5 nitrogen and oxygen atoms in total. The van der Waals surface area contributed by atoms with Crippen LogP contribution in [0.1, 0.15) is 16.8 Å². The second kappa shape index (κ2) is 6.87. The van der Waals surface area contributed by atoms with E-state index in [1.807, 2.05) is 0 Å². The molecular formula is C14H15ClFNO4. The standard InChI is InChI=1S/C14H15ClFNO4/c1-20-12(18)7-9-8-17(5-6-21-9)14(19)13-10(15)3-2-4-11(13)16/h2-4,9H,5-8H2,1H3. The molecule has 1 amide bonds. The molecule has 2 rings (SSSR count). The fourth-order valence-electron chi connectivity index (χ4n) is 2.16. The van der Waals surface area contributed by atoms with Crippen LogP contribution in [0.5, 0.6) is 0 Å². The molecule has 1 atom stereocenters. The molecule has 0 aromatic heterocycles. The molecule has 0 bridgehead atoms. The largest absolute Gasteiger partial charge is 0.469 e. The van der Waals surface area contributed by atoms with Crippen LogP contribution in [0.25, 0.3) is 0 Å². The average molecular weight is 316 g/mol. The number of methoxy groups -OCH3 is 1. The molecule has 7 heteroatoms. The summed E-state index contributed by atoms with van der Waals surface area (Å²) in [5.74, 6) is -1.59. The highest BCUT2D eigenvalue weighted by Gasteiger charge is 2.29. The predicted molar refractivity (Wildman–Crippen MR) is 73.7 cm³/mol. The summed E-state index contributed by atoms with van der Waals surface area (Å²) in [5, 5.41) is 0.0657. The Labute approximate surface area is 126 Å². The highest BCUT2D eigenvalue weighted by molar-refractivity contribution is 6.33. The minimum Gasteiger partial charge on any atom is -0.469 e. The number of carbonyl (C=O) groups excluding carboxylic acids is 2. The molecule has 1 saturated heterocycles. The molecule has 0 spiro atoms. The zero-order valence-corrected chi connectivity index (χ0v) is 12.2. The van der Waals surface area contributed by atoms with Gasteiger partial charge in [0.05, 0.1) is 36.8 Å². The summed E-state index contributed by atoms with van der Waals surface area (Å²) in [5.41, 5.74) is -0.155. The first kappa shape index (κ1) is 15.7. The zero-order valence-electron chi connectivity index (χ0n) is 11.5. The van der Waals surface area contributed by atoms with Crippen molar-refractivity contribution in [3.63, 3.8) is 0 Å². The molecule has 1 aliphatic rings. The molecule has 0 aliphatic carbocycles. The van der Waals surface area contributed by atoms with Gasteiger partial charge in [-0.3, -0.25) is 9.59 Å². The van der Waals surface area contributed by atoms with Crippen LogP contribution in [0.3, 0.4) is 0 Å². The predicted octanol–water partition coefficient (Wildman–Crippen LogP) is 1.88. The normalized spacial score (nSPS) is 18.4. The van der Waals surface area contributed by atoms with Gasteiger partial charge in [-0.2, -0.15) is 0 Å². The van der Waals surface area contributed by atoms with E-state index in [1.165, 1.54) is 30.2 Å². The Morgan fingerprint density at radius 1 is 1.52 bits per heavy atom. The maximum Gasteiger partial charge on any atom is 0.308 e. The van der Waals surface area contributed by atoms with Gasteiger partial charge >= 0.3 is 5.97 Å². The maximum atomic E-state index is 13.8. The third-order valence-corrected chi connectivity index (χ3v) is 3.54. The first-order valence-corrected chi connectivity index (χ1v) is 6.82. The molecule has 0 radical (unpaired) electrons. The van der Waals surface area contributed by atoms with E-state index in [2.05, 4.69) is 4.74 Å². The molecule has 1 unspecified atom stereocenters. The second-order valence-corrected chi connectivity index (χ2v) is 5.03. The number of carbonyl (C=O) groups is 2. The molecular weight excluding hydrogens is 301 g/mol. The van der Waals surface area contributed by atoms with E-state index >= 15 is 0 Å². The number of halogens is 2. The lowest BCUT2D eigenvalue weighted by atomic mass is 10.1. The summed E-state index contributed by atoms with van der Waals surface area (Å²) in [7, 11) is 1.28. The fraction of sp³-hybridized carbons (Fsp3) is 0.429. The fourth-order valence-corrected chi connectivity index (χ4v) is 2.40. The van der Waals surface area contributed by atoms with E-state index in [0.717, 1.165) is 0 Å². The number of hydrogen-bond acceptors (Lipinski definition) is 4. The van der Waals surface area contributed by atoms with Crippen molar-refractivity contribution in [2.45, 2.75) is 12.5 Å². The smallest absolute Gasteiger partial charge is 0.308 e. The summed E-state index contributed by atoms with van der Waals surface area (Å²) < 4.78 is 23.8. The third kappa shape index (κ3) is 3.71. The van der Waals surface area contributed by atoms with E-state index in [9.17, 15) is 14.0 Å². The molecule has 1 fully saturated rings. The van der Waals surface area contributed by atoms with Gasteiger partial charge in [-0.15, -0.1) is 0 Å². The number of rotatable bonds is 3. The van der Waals surface area contributed by atoms with E-state index < -0.39 is 23.8 Å². The molecule has 1 aromatic rings. The summed E-state index contributed by atoms with van der Waals surface area (Å²) in [6, 6.07) is 4.09. The molecule has 0 N–H and O–H groups in total. The summed E-state index contributed by atoms with van der Waals surface area (Å²) in [4.78, 5) is 25.1. The Kier molecular flexibility index (Phi) is 5.14. The van der Waals surface area contributed by atoms with Crippen LogP contribution in [0.15, 0.2) is 18.2 Å². The Bertz CT molecular complexity index is 532. The Morgan fingerprint density at radius 2 is 2.29 bits per heavy atom. The van der Waals surface area contributed by atoms with Gasteiger partial charge in [0.15, 0.2) is 0 Å². The van der Waals surface area contributed by atoms with Crippen molar-refractivity contribution < 1.29 is 23.5 Å². The van der Waals surface area contributed by atoms with Crippen molar-refractivity contribution in [2.24, 2.45) is 0 Å². The Balaban J connectivity index is 2.10. The summed E-state index contributed by atoms with van der Waals surface area (Å²) in [6.07, 6.45) is -0.411. The van der Waals surface area contributed by atoms with Gasteiger partial charge in [-0.05, 0) is 12.1 Å². The maximum absolute atomic E-state index is 13.8. The van der Waals surface area contributed by atoms with Crippen LogP contribution in [0.2, 0.25) is 5.02 Å².